The summed E-state index contributed by atoms with van der Waals surface area (Å²) >= 11 is 0. The number of halogens is 2. The molecule has 0 spiro atoms. The minimum absolute atomic E-state index is 0.0419. The molecule has 0 unspecified atom stereocenters. The van der Waals surface area contributed by atoms with Gasteiger partial charge < -0.3 is 20.1 Å². The first kappa shape index (κ1) is 23.6. The first-order valence-electron chi connectivity index (χ1n) is 10.5. The lowest BCUT2D eigenvalue weighted by Gasteiger charge is -2.28. The van der Waals surface area contributed by atoms with Crippen LogP contribution in [0, 0.1) is 17.6 Å². The van der Waals surface area contributed by atoms with Crippen LogP contribution in [0.1, 0.15) is 32.6 Å². The first-order valence-corrected chi connectivity index (χ1v) is 10.5. The minimum Gasteiger partial charge on any atom is -0.490 e. The van der Waals surface area contributed by atoms with Crippen LogP contribution in [0.25, 0.3) is 11.1 Å². The van der Waals surface area contributed by atoms with Crippen molar-refractivity contribution in [3.63, 3.8) is 0 Å². The average molecular weight is 447 g/mol. The van der Waals surface area contributed by atoms with Crippen molar-refractivity contribution in [1.82, 2.24) is 10.3 Å². The number of hydrogen-bond acceptors (Lipinski definition) is 5. The van der Waals surface area contributed by atoms with Crippen LogP contribution in [0.4, 0.5) is 14.6 Å². The topological polar surface area (TPSA) is 89.5 Å². The van der Waals surface area contributed by atoms with Crippen molar-refractivity contribution in [2.75, 3.05) is 25.6 Å². The number of anilines is 1. The lowest BCUT2D eigenvalue weighted by atomic mass is 9.85. The van der Waals surface area contributed by atoms with Gasteiger partial charge in [-0.2, -0.15) is 0 Å². The smallest absolute Gasteiger partial charge is 0.228 e. The Morgan fingerprint density at radius 2 is 1.97 bits per heavy atom. The summed E-state index contributed by atoms with van der Waals surface area (Å²) in [5.41, 5.74) is 0.462. The van der Waals surface area contributed by atoms with Crippen LogP contribution in [-0.4, -0.2) is 43.2 Å². The van der Waals surface area contributed by atoms with Crippen LogP contribution >= 0.6 is 0 Å². The maximum Gasteiger partial charge on any atom is 0.228 e. The van der Waals surface area contributed by atoms with Gasteiger partial charge in [-0.1, -0.05) is 6.42 Å². The maximum atomic E-state index is 14.6. The fourth-order valence-corrected chi connectivity index (χ4v) is 3.86. The van der Waals surface area contributed by atoms with E-state index in [0.717, 1.165) is 19.0 Å². The van der Waals surface area contributed by atoms with E-state index < -0.39 is 11.6 Å². The summed E-state index contributed by atoms with van der Waals surface area (Å²) in [6.45, 7) is 1.91. The molecular formula is C23H27F2N3O4. The van der Waals surface area contributed by atoms with E-state index in [-0.39, 0.29) is 54.1 Å². The van der Waals surface area contributed by atoms with E-state index >= 15 is 0 Å². The largest absolute Gasteiger partial charge is 0.490 e. The predicted octanol–water partition coefficient (Wildman–Crippen LogP) is 3.69. The van der Waals surface area contributed by atoms with Crippen LogP contribution in [0.5, 0.6) is 5.75 Å². The summed E-state index contributed by atoms with van der Waals surface area (Å²) < 4.78 is 38.8. The van der Waals surface area contributed by atoms with Crippen molar-refractivity contribution in [3.05, 3.63) is 42.1 Å². The van der Waals surface area contributed by atoms with E-state index in [2.05, 4.69) is 15.6 Å². The molecule has 2 atom stereocenters. The number of aromatic nitrogens is 1. The summed E-state index contributed by atoms with van der Waals surface area (Å²) in [5.74, 6) is -1.45. The molecule has 1 aromatic carbocycles. The lowest BCUT2D eigenvalue weighted by Crippen LogP contribution is -2.40. The molecule has 1 heterocycles. The van der Waals surface area contributed by atoms with Gasteiger partial charge >= 0.3 is 0 Å². The standard InChI is InChI=1S/C23H27F2N3O4/c1-14(29)27-17-5-3-4-15(10-17)23(30)28-22-12-19(20(25)13-26-22)18-7-6-16(24)11-21(18)32-9-8-31-2/h6-7,11-13,15,17H,3-5,8-10H2,1-2H3,(H,27,29)(H,26,28,30)/t15-,17+/m0/s1. The molecule has 1 saturated carbocycles. The third-order valence-corrected chi connectivity index (χ3v) is 5.34. The number of nitrogens with zero attached hydrogens (tertiary/aromatic N) is 1. The fourth-order valence-electron chi connectivity index (χ4n) is 3.86. The molecule has 1 aliphatic carbocycles. The van der Waals surface area contributed by atoms with Gasteiger partial charge in [-0.3, -0.25) is 9.59 Å². The summed E-state index contributed by atoms with van der Waals surface area (Å²) in [6, 6.07) is 5.16. The molecule has 1 aromatic heterocycles. The number of hydrogen-bond donors (Lipinski definition) is 2. The number of methoxy groups -OCH3 is 1. The van der Waals surface area contributed by atoms with Crippen LogP contribution in [0.3, 0.4) is 0 Å². The highest BCUT2D eigenvalue weighted by molar-refractivity contribution is 5.92. The first-order chi connectivity index (χ1) is 15.4. The van der Waals surface area contributed by atoms with Crippen molar-refractivity contribution in [1.29, 1.82) is 0 Å². The van der Waals surface area contributed by atoms with Crippen LogP contribution < -0.4 is 15.4 Å². The van der Waals surface area contributed by atoms with Gasteiger partial charge in [0.2, 0.25) is 11.8 Å². The van der Waals surface area contributed by atoms with E-state index in [1.165, 1.54) is 38.3 Å². The molecular weight excluding hydrogens is 420 g/mol. The molecule has 0 aliphatic heterocycles. The molecule has 0 bridgehead atoms. The van der Waals surface area contributed by atoms with Gasteiger partial charge in [0.05, 0.1) is 12.8 Å². The quantitative estimate of drug-likeness (QED) is 0.603. The number of rotatable bonds is 8. The SMILES string of the molecule is COCCOc1cc(F)ccc1-c1cc(NC(=O)[C@H]2CCC[C@@H](NC(C)=O)C2)ncc1F. The molecule has 172 valence electrons. The number of ether oxygens (including phenoxy) is 2. The van der Waals surface area contributed by atoms with E-state index in [0.29, 0.717) is 18.4 Å². The summed E-state index contributed by atoms with van der Waals surface area (Å²) in [4.78, 5) is 28.1. The highest BCUT2D eigenvalue weighted by atomic mass is 19.1. The molecule has 1 aliphatic rings. The number of benzene rings is 1. The number of pyridine rings is 1. The van der Waals surface area contributed by atoms with Gasteiger partial charge in [-0.25, -0.2) is 13.8 Å². The van der Waals surface area contributed by atoms with Crippen LogP contribution in [-0.2, 0) is 14.3 Å². The van der Waals surface area contributed by atoms with Crippen molar-refractivity contribution in [2.45, 2.75) is 38.6 Å². The second-order valence-electron chi connectivity index (χ2n) is 7.78. The second-order valence-corrected chi connectivity index (χ2v) is 7.78. The minimum atomic E-state index is -0.630. The highest BCUT2D eigenvalue weighted by Crippen LogP contribution is 2.34. The maximum absolute atomic E-state index is 14.6. The summed E-state index contributed by atoms with van der Waals surface area (Å²) in [5, 5.41) is 5.60. The molecule has 32 heavy (non-hydrogen) atoms. The van der Waals surface area contributed by atoms with E-state index in [9.17, 15) is 18.4 Å². The Morgan fingerprint density at radius 1 is 1.16 bits per heavy atom. The van der Waals surface area contributed by atoms with Gasteiger partial charge in [-0.15, -0.1) is 0 Å². The summed E-state index contributed by atoms with van der Waals surface area (Å²) in [6.07, 6.45) is 3.90. The van der Waals surface area contributed by atoms with Gasteiger partial charge in [0, 0.05) is 43.2 Å². The Bertz CT molecular complexity index is 970. The second kappa shape index (κ2) is 11.0. The zero-order valence-electron chi connectivity index (χ0n) is 18.1. The van der Waals surface area contributed by atoms with Gasteiger partial charge in [0.15, 0.2) is 0 Å². The Labute approximate surface area is 185 Å². The van der Waals surface area contributed by atoms with Crippen molar-refractivity contribution < 1.29 is 27.8 Å². The molecule has 0 saturated heterocycles. The lowest BCUT2D eigenvalue weighted by molar-refractivity contribution is -0.123. The predicted molar refractivity (Wildman–Crippen MR) is 115 cm³/mol. The molecule has 9 heteroatoms. The molecule has 2 N–H and O–H groups in total. The normalized spacial score (nSPS) is 18.1. The van der Waals surface area contributed by atoms with Gasteiger partial charge in [0.1, 0.15) is 29.8 Å². The van der Waals surface area contributed by atoms with Gasteiger partial charge in [-0.05, 0) is 37.5 Å². The highest BCUT2D eigenvalue weighted by Gasteiger charge is 2.28. The average Bonchev–Trinajstić information content (AvgIpc) is 2.75. The number of carbonyl (C=O) groups is 2. The zero-order valence-corrected chi connectivity index (χ0v) is 18.1. The van der Waals surface area contributed by atoms with E-state index in [1.807, 2.05) is 0 Å². The summed E-state index contributed by atoms with van der Waals surface area (Å²) in [7, 11) is 1.51. The van der Waals surface area contributed by atoms with Gasteiger partial charge in [0.25, 0.3) is 0 Å². The Kier molecular flexibility index (Phi) is 8.10. The molecule has 0 radical (unpaired) electrons. The van der Waals surface area contributed by atoms with E-state index in [1.54, 1.807) is 0 Å². The Morgan fingerprint density at radius 3 is 2.72 bits per heavy atom. The number of nitrogens with one attached hydrogen (secondary N) is 2. The zero-order chi connectivity index (χ0) is 23.1. The van der Waals surface area contributed by atoms with Crippen LogP contribution in [0.15, 0.2) is 30.5 Å². The monoisotopic (exact) mass is 447 g/mol. The van der Waals surface area contributed by atoms with Crippen molar-refractivity contribution in [3.8, 4) is 16.9 Å². The van der Waals surface area contributed by atoms with Crippen molar-refractivity contribution >= 4 is 17.6 Å². The Hall–Kier alpha value is -3.07. The molecule has 2 aromatic rings. The molecule has 1 fully saturated rings. The van der Waals surface area contributed by atoms with E-state index in [4.69, 9.17) is 9.47 Å². The number of amides is 2. The fraction of sp³-hybridized carbons (Fsp3) is 0.435. The molecule has 7 nitrogen and oxygen atoms in total. The molecule has 3 rings (SSSR count). The van der Waals surface area contributed by atoms with Crippen LogP contribution in [0.2, 0.25) is 0 Å². The number of carbonyl (C=O) groups excluding carboxylic acids is 2. The Balaban J connectivity index is 1.78. The third-order valence-electron chi connectivity index (χ3n) is 5.34. The molecule has 2 amide bonds. The van der Waals surface area contributed by atoms with Crippen molar-refractivity contribution in [2.24, 2.45) is 5.92 Å². The third kappa shape index (κ3) is 6.23.